The van der Waals surface area contributed by atoms with Crippen LogP contribution < -0.4 is 10.6 Å². The van der Waals surface area contributed by atoms with Crippen molar-refractivity contribution in [2.75, 3.05) is 31.1 Å². The molecule has 0 amide bonds. The van der Waals surface area contributed by atoms with Gasteiger partial charge in [-0.25, -0.2) is 9.97 Å². The van der Waals surface area contributed by atoms with Gasteiger partial charge in [0.2, 0.25) is 5.95 Å². The van der Waals surface area contributed by atoms with Crippen molar-refractivity contribution in [1.82, 2.24) is 19.9 Å². The molecule has 3 heterocycles. The van der Waals surface area contributed by atoms with Gasteiger partial charge in [0.25, 0.3) is 0 Å². The third kappa shape index (κ3) is 5.18. The summed E-state index contributed by atoms with van der Waals surface area (Å²) >= 11 is 0. The zero-order valence-electron chi connectivity index (χ0n) is 16.9. The van der Waals surface area contributed by atoms with Crippen molar-refractivity contribution in [2.24, 2.45) is 5.73 Å². The van der Waals surface area contributed by atoms with Gasteiger partial charge < -0.3 is 10.6 Å². The molecule has 3 aromatic rings. The fourth-order valence-corrected chi connectivity index (χ4v) is 3.56. The third-order valence-corrected chi connectivity index (χ3v) is 5.27. The topological polar surface area (TPSA) is 71.2 Å². The Balaban J connectivity index is 1.49. The second kappa shape index (κ2) is 8.99. The standard InChI is InChI=1S/C22H23F3N6/c23-22(24,25)18-5-3-17(4-6-18)20-12-19(13-26)28-21(29-20)31-10-8-30(9-11-31)15-16-2-1-7-27-14-16/h1-7,12,14H,8-11,13,15,26H2. The van der Waals surface area contributed by atoms with Crippen LogP contribution in [0.25, 0.3) is 11.3 Å². The summed E-state index contributed by atoms with van der Waals surface area (Å²) in [6.07, 6.45) is -0.735. The molecule has 1 fully saturated rings. The van der Waals surface area contributed by atoms with E-state index in [1.807, 2.05) is 12.3 Å². The fourth-order valence-electron chi connectivity index (χ4n) is 3.56. The Hall–Kier alpha value is -3.04. The summed E-state index contributed by atoms with van der Waals surface area (Å²) in [4.78, 5) is 17.8. The van der Waals surface area contributed by atoms with Gasteiger partial charge in [0, 0.05) is 57.2 Å². The number of piperazine rings is 1. The van der Waals surface area contributed by atoms with Crippen molar-refractivity contribution in [1.29, 1.82) is 0 Å². The van der Waals surface area contributed by atoms with E-state index in [-0.39, 0.29) is 6.54 Å². The van der Waals surface area contributed by atoms with Crippen LogP contribution in [0.15, 0.2) is 54.9 Å². The van der Waals surface area contributed by atoms with Crippen LogP contribution in [-0.4, -0.2) is 46.0 Å². The number of benzene rings is 1. The van der Waals surface area contributed by atoms with E-state index in [4.69, 9.17) is 5.73 Å². The van der Waals surface area contributed by atoms with E-state index < -0.39 is 11.7 Å². The number of alkyl halides is 3. The molecule has 1 aliphatic heterocycles. The molecule has 2 aromatic heterocycles. The Bertz CT molecular complexity index is 1000. The molecule has 9 heteroatoms. The van der Waals surface area contributed by atoms with Crippen LogP contribution in [0.2, 0.25) is 0 Å². The second-order valence-electron chi connectivity index (χ2n) is 7.45. The van der Waals surface area contributed by atoms with E-state index in [1.54, 1.807) is 12.3 Å². The molecule has 0 saturated carbocycles. The molecular formula is C22H23F3N6. The zero-order valence-corrected chi connectivity index (χ0v) is 16.9. The molecule has 0 spiro atoms. The van der Waals surface area contributed by atoms with E-state index in [1.165, 1.54) is 17.7 Å². The van der Waals surface area contributed by atoms with Crippen LogP contribution in [0.5, 0.6) is 0 Å². The number of hydrogen-bond acceptors (Lipinski definition) is 6. The van der Waals surface area contributed by atoms with Crippen molar-refractivity contribution < 1.29 is 13.2 Å². The summed E-state index contributed by atoms with van der Waals surface area (Å²) in [5, 5.41) is 0. The summed E-state index contributed by atoms with van der Waals surface area (Å²) in [6, 6.07) is 10.7. The van der Waals surface area contributed by atoms with Gasteiger partial charge in [0.05, 0.1) is 17.0 Å². The molecule has 6 nitrogen and oxygen atoms in total. The van der Waals surface area contributed by atoms with Crippen molar-refractivity contribution in [3.63, 3.8) is 0 Å². The molecule has 0 aliphatic carbocycles. The van der Waals surface area contributed by atoms with Crippen molar-refractivity contribution in [3.8, 4) is 11.3 Å². The van der Waals surface area contributed by atoms with Crippen molar-refractivity contribution in [3.05, 3.63) is 71.7 Å². The Morgan fingerprint density at radius 3 is 2.32 bits per heavy atom. The normalized spacial score (nSPS) is 15.3. The van der Waals surface area contributed by atoms with Gasteiger partial charge in [-0.1, -0.05) is 18.2 Å². The highest BCUT2D eigenvalue weighted by molar-refractivity contribution is 5.61. The van der Waals surface area contributed by atoms with Gasteiger partial charge in [0.1, 0.15) is 0 Å². The van der Waals surface area contributed by atoms with Crippen LogP contribution >= 0.6 is 0 Å². The molecule has 162 valence electrons. The molecule has 1 aromatic carbocycles. The van der Waals surface area contributed by atoms with Gasteiger partial charge in [0.15, 0.2) is 0 Å². The maximum atomic E-state index is 12.9. The first kappa shape index (κ1) is 21.2. The first-order chi connectivity index (χ1) is 14.9. The zero-order chi connectivity index (χ0) is 21.8. The molecular weight excluding hydrogens is 405 g/mol. The van der Waals surface area contributed by atoms with Crippen LogP contribution in [0.1, 0.15) is 16.8 Å². The lowest BCUT2D eigenvalue weighted by Crippen LogP contribution is -2.46. The second-order valence-corrected chi connectivity index (χ2v) is 7.45. The van der Waals surface area contributed by atoms with E-state index in [0.717, 1.165) is 44.9 Å². The van der Waals surface area contributed by atoms with Crippen LogP contribution in [0, 0.1) is 0 Å². The fraction of sp³-hybridized carbons (Fsp3) is 0.318. The van der Waals surface area contributed by atoms with Crippen LogP contribution in [0.3, 0.4) is 0 Å². The first-order valence-electron chi connectivity index (χ1n) is 10.0. The maximum absolute atomic E-state index is 12.9. The molecule has 0 radical (unpaired) electrons. The first-order valence-corrected chi connectivity index (χ1v) is 10.0. The Labute approximate surface area is 178 Å². The largest absolute Gasteiger partial charge is 0.416 e. The van der Waals surface area contributed by atoms with Crippen molar-refractivity contribution in [2.45, 2.75) is 19.3 Å². The molecule has 1 saturated heterocycles. The summed E-state index contributed by atoms with van der Waals surface area (Å²) < 4.78 is 38.6. The summed E-state index contributed by atoms with van der Waals surface area (Å²) in [6.45, 7) is 4.26. The summed E-state index contributed by atoms with van der Waals surface area (Å²) in [5.74, 6) is 0.555. The highest BCUT2D eigenvalue weighted by Gasteiger charge is 2.30. The number of hydrogen-bond donors (Lipinski definition) is 1. The van der Waals surface area contributed by atoms with Gasteiger partial charge in [-0.2, -0.15) is 13.2 Å². The van der Waals surface area contributed by atoms with Gasteiger partial charge >= 0.3 is 6.18 Å². The molecule has 0 unspecified atom stereocenters. The number of rotatable bonds is 5. The predicted molar refractivity (Wildman–Crippen MR) is 112 cm³/mol. The van der Waals surface area contributed by atoms with Crippen molar-refractivity contribution >= 4 is 5.95 Å². The Morgan fingerprint density at radius 2 is 1.71 bits per heavy atom. The van der Waals surface area contributed by atoms with E-state index in [0.29, 0.717) is 22.9 Å². The van der Waals surface area contributed by atoms with Gasteiger partial charge in [-0.05, 0) is 29.8 Å². The maximum Gasteiger partial charge on any atom is 0.416 e. The summed E-state index contributed by atoms with van der Waals surface area (Å²) in [5.41, 5.74) is 8.11. The van der Waals surface area contributed by atoms with E-state index >= 15 is 0 Å². The monoisotopic (exact) mass is 428 g/mol. The summed E-state index contributed by atoms with van der Waals surface area (Å²) in [7, 11) is 0. The minimum Gasteiger partial charge on any atom is -0.338 e. The van der Waals surface area contributed by atoms with Gasteiger partial charge in [-0.15, -0.1) is 0 Å². The smallest absolute Gasteiger partial charge is 0.338 e. The quantitative estimate of drug-likeness (QED) is 0.672. The van der Waals surface area contributed by atoms with Crippen LogP contribution in [0.4, 0.5) is 19.1 Å². The Morgan fingerprint density at radius 1 is 0.968 bits per heavy atom. The average Bonchev–Trinajstić information content (AvgIpc) is 2.79. The predicted octanol–water partition coefficient (Wildman–Crippen LogP) is 3.34. The number of pyridine rings is 1. The average molecular weight is 428 g/mol. The minimum absolute atomic E-state index is 0.226. The minimum atomic E-state index is -4.37. The van der Waals surface area contributed by atoms with Gasteiger partial charge in [-0.3, -0.25) is 9.88 Å². The van der Waals surface area contributed by atoms with E-state index in [9.17, 15) is 13.2 Å². The molecule has 4 rings (SSSR count). The van der Waals surface area contributed by atoms with E-state index in [2.05, 4.69) is 30.8 Å². The third-order valence-electron chi connectivity index (χ3n) is 5.27. The number of nitrogens with two attached hydrogens (primary N) is 1. The van der Waals surface area contributed by atoms with Crippen LogP contribution in [-0.2, 0) is 19.3 Å². The Kier molecular flexibility index (Phi) is 6.15. The number of aromatic nitrogens is 3. The lowest BCUT2D eigenvalue weighted by atomic mass is 10.1. The molecule has 1 aliphatic rings. The highest BCUT2D eigenvalue weighted by Crippen LogP contribution is 2.31. The number of halogens is 3. The SMILES string of the molecule is NCc1cc(-c2ccc(C(F)(F)F)cc2)nc(N2CCN(Cc3cccnc3)CC2)n1. The molecule has 2 N–H and O–H groups in total. The molecule has 0 bridgehead atoms. The number of anilines is 1. The molecule has 0 atom stereocenters. The number of nitrogens with zero attached hydrogens (tertiary/aromatic N) is 5. The lowest BCUT2D eigenvalue weighted by molar-refractivity contribution is -0.137. The molecule has 31 heavy (non-hydrogen) atoms. The highest BCUT2D eigenvalue weighted by atomic mass is 19.4. The lowest BCUT2D eigenvalue weighted by Gasteiger charge is -2.35.